The minimum atomic E-state index is -0.501. The van der Waals surface area contributed by atoms with Crippen LogP contribution in [0.1, 0.15) is 52.5 Å². The van der Waals surface area contributed by atoms with Gasteiger partial charge in [0.05, 0.1) is 0 Å². The maximum atomic E-state index is 11.8. The van der Waals surface area contributed by atoms with E-state index in [9.17, 15) is 9.90 Å². The van der Waals surface area contributed by atoms with E-state index < -0.39 is 11.7 Å². The van der Waals surface area contributed by atoms with E-state index in [2.05, 4.69) is 33.5 Å². The normalized spacial score (nSPS) is 12.7. The maximum absolute atomic E-state index is 11.8. The average molecular weight is 401 g/mol. The maximum Gasteiger partial charge on any atom is 0.407 e. The topological polar surface area (TPSA) is 70.6 Å². The first-order valence-electron chi connectivity index (χ1n) is 8.39. The van der Waals surface area contributed by atoms with Crippen molar-refractivity contribution in [2.24, 2.45) is 0 Å². The highest BCUT2D eigenvalue weighted by atomic mass is 79.9. The second kappa shape index (κ2) is 9.89. The van der Waals surface area contributed by atoms with Crippen molar-refractivity contribution in [3.8, 4) is 5.75 Å². The number of aromatic hydroxyl groups is 1. The van der Waals surface area contributed by atoms with Crippen LogP contribution in [0, 0.1) is 0 Å². The highest BCUT2D eigenvalue weighted by molar-refractivity contribution is 9.10. The summed E-state index contributed by atoms with van der Waals surface area (Å²) in [5, 5.41) is 16.1. The number of phenolic OH excluding ortho intramolecular Hbond substituents is 1. The molecule has 0 bridgehead atoms. The molecule has 0 fully saturated rings. The minimum absolute atomic E-state index is 0.121. The first-order valence-corrected chi connectivity index (χ1v) is 9.18. The van der Waals surface area contributed by atoms with Crippen LogP contribution in [0.25, 0.3) is 0 Å². The molecule has 136 valence electrons. The van der Waals surface area contributed by atoms with E-state index in [0.717, 1.165) is 29.3 Å². The molecule has 0 aliphatic rings. The number of hydrogen-bond donors (Lipinski definition) is 3. The lowest BCUT2D eigenvalue weighted by atomic mass is 10.1. The zero-order valence-corrected chi connectivity index (χ0v) is 16.6. The molecule has 6 heteroatoms. The molecular formula is C18H29BrN2O3. The van der Waals surface area contributed by atoms with E-state index in [-0.39, 0.29) is 11.8 Å². The number of rotatable bonds is 8. The van der Waals surface area contributed by atoms with E-state index in [0.29, 0.717) is 13.1 Å². The Labute approximate surface area is 153 Å². The summed E-state index contributed by atoms with van der Waals surface area (Å²) >= 11 is 3.41. The van der Waals surface area contributed by atoms with Crippen molar-refractivity contribution in [3.63, 3.8) is 0 Å². The fraction of sp³-hybridized carbons (Fsp3) is 0.611. The third-order valence-electron chi connectivity index (χ3n) is 3.42. The average Bonchev–Trinajstić information content (AvgIpc) is 2.48. The standard InChI is InChI=1S/C18H29BrN2O3/c1-5-6-7-15(12-21-17(23)24-18(2,3)4)20-11-13-10-14(19)8-9-16(13)22/h8-10,15,20,22H,5-7,11-12H2,1-4H3,(H,21,23). The van der Waals surface area contributed by atoms with E-state index in [1.54, 1.807) is 12.1 Å². The number of amides is 1. The summed E-state index contributed by atoms with van der Waals surface area (Å²) in [6, 6.07) is 5.48. The molecule has 24 heavy (non-hydrogen) atoms. The Bertz CT molecular complexity index is 529. The van der Waals surface area contributed by atoms with E-state index in [1.807, 2.05) is 26.8 Å². The van der Waals surface area contributed by atoms with Gasteiger partial charge in [-0.3, -0.25) is 0 Å². The van der Waals surface area contributed by atoms with Crippen molar-refractivity contribution in [1.82, 2.24) is 10.6 Å². The lowest BCUT2D eigenvalue weighted by Gasteiger charge is -2.23. The molecule has 0 aromatic heterocycles. The van der Waals surface area contributed by atoms with Gasteiger partial charge < -0.3 is 20.5 Å². The second-order valence-electron chi connectivity index (χ2n) is 6.88. The van der Waals surface area contributed by atoms with E-state index in [1.165, 1.54) is 0 Å². The highest BCUT2D eigenvalue weighted by Crippen LogP contribution is 2.21. The number of benzene rings is 1. The lowest BCUT2D eigenvalue weighted by Crippen LogP contribution is -2.42. The summed E-state index contributed by atoms with van der Waals surface area (Å²) in [5.74, 6) is 0.264. The third kappa shape index (κ3) is 8.55. The molecule has 0 saturated heterocycles. The van der Waals surface area contributed by atoms with Gasteiger partial charge in [-0.2, -0.15) is 0 Å². The Morgan fingerprint density at radius 3 is 2.71 bits per heavy atom. The fourth-order valence-electron chi connectivity index (χ4n) is 2.20. The molecule has 3 N–H and O–H groups in total. The van der Waals surface area contributed by atoms with Gasteiger partial charge in [0.25, 0.3) is 0 Å². The van der Waals surface area contributed by atoms with Gasteiger partial charge in [0.15, 0.2) is 0 Å². The molecule has 1 amide bonds. The van der Waals surface area contributed by atoms with Crippen LogP contribution in [0.5, 0.6) is 5.75 Å². The molecule has 0 heterocycles. The van der Waals surface area contributed by atoms with Gasteiger partial charge in [-0.15, -0.1) is 0 Å². The summed E-state index contributed by atoms with van der Waals surface area (Å²) < 4.78 is 6.19. The number of unbranched alkanes of at least 4 members (excludes halogenated alkanes) is 1. The van der Waals surface area contributed by atoms with Gasteiger partial charge in [0.1, 0.15) is 11.4 Å². The first-order chi connectivity index (χ1) is 11.2. The number of halogens is 1. The van der Waals surface area contributed by atoms with Crippen LogP contribution < -0.4 is 10.6 Å². The summed E-state index contributed by atoms with van der Waals surface area (Å²) in [6.07, 6.45) is 2.70. The van der Waals surface area contributed by atoms with Crippen LogP contribution in [0.15, 0.2) is 22.7 Å². The lowest BCUT2D eigenvalue weighted by molar-refractivity contribution is 0.0521. The quantitative estimate of drug-likeness (QED) is 0.607. The van der Waals surface area contributed by atoms with Gasteiger partial charge in [-0.05, 0) is 45.4 Å². The minimum Gasteiger partial charge on any atom is -0.508 e. The van der Waals surface area contributed by atoms with Crippen LogP contribution in [0.2, 0.25) is 0 Å². The van der Waals surface area contributed by atoms with Crippen LogP contribution in [-0.4, -0.2) is 29.4 Å². The predicted octanol–water partition coefficient (Wildman–Crippen LogP) is 4.33. The SMILES string of the molecule is CCCCC(CNC(=O)OC(C)(C)C)NCc1cc(Br)ccc1O. The van der Waals surface area contributed by atoms with Gasteiger partial charge in [-0.25, -0.2) is 4.79 Å². The van der Waals surface area contributed by atoms with Crippen molar-refractivity contribution < 1.29 is 14.6 Å². The molecule has 1 unspecified atom stereocenters. The van der Waals surface area contributed by atoms with Crippen molar-refractivity contribution >= 4 is 22.0 Å². The Hall–Kier alpha value is -1.27. The van der Waals surface area contributed by atoms with E-state index >= 15 is 0 Å². The molecule has 0 aliphatic heterocycles. The molecule has 0 radical (unpaired) electrons. The molecule has 1 atom stereocenters. The highest BCUT2D eigenvalue weighted by Gasteiger charge is 2.17. The first kappa shape index (κ1) is 20.8. The molecule has 1 rings (SSSR count). The van der Waals surface area contributed by atoms with Crippen LogP contribution in [-0.2, 0) is 11.3 Å². The van der Waals surface area contributed by atoms with Gasteiger partial charge >= 0.3 is 6.09 Å². The van der Waals surface area contributed by atoms with Crippen molar-refractivity contribution in [3.05, 3.63) is 28.2 Å². The van der Waals surface area contributed by atoms with Crippen LogP contribution in [0.4, 0.5) is 4.79 Å². The number of carbonyl (C=O) groups excluding carboxylic acids is 1. The summed E-state index contributed by atoms with van der Waals surface area (Å²) in [6.45, 7) is 8.69. The monoisotopic (exact) mass is 400 g/mol. The van der Waals surface area contributed by atoms with E-state index in [4.69, 9.17) is 4.74 Å². The number of phenols is 1. The fourth-order valence-corrected chi connectivity index (χ4v) is 2.61. The largest absolute Gasteiger partial charge is 0.508 e. The Balaban J connectivity index is 2.55. The molecular weight excluding hydrogens is 372 g/mol. The van der Waals surface area contributed by atoms with Gasteiger partial charge in [0.2, 0.25) is 0 Å². The Morgan fingerprint density at radius 1 is 1.38 bits per heavy atom. The molecule has 5 nitrogen and oxygen atoms in total. The number of alkyl carbamates (subject to hydrolysis) is 1. The van der Waals surface area contributed by atoms with Crippen molar-refractivity contribution in [2.45, 2.75) is 65.1 Å². The van der Waals surface area contributed by atoms with Crippen molar-refractivity contribution in [1.29, 1.82) is 0 Å². The van der Waals surface area contributed by atoms with Crippen LogP contribution in [0.3, 0.4) is 0 Å². The number of carbonyl (C=O) groups is 1. The smallest absolute Gasteiger partial charge is 0.407 e. The summed E-state index contributed by atoms with van der Waals surface area (Å²) in [4.78, 5) is 11.8. The molecule has 0 saturated carbocycles. The predicted molar refractivity (Wildman–Crippen MR) is 100 cm³/mol. The third-order valence-corrected chi connectivity index (χ3v) is 3.91. The van der Waals surface area contributed by atoms with Crippen molar-refractivity contribution in [2.75, 3.05) is 6.54 Å². The number of hydrogen-bond acceptors (Lipinski definition) is 4. The van der Waals surface area contributed by atoms with Crippen LogP contribution >= 0.6 is 15.9 Å². The number of nitrogens with one attached hydrogen (secondary N) is 2. The summed E-state index contributed by atoms with van der Waals surface area (Å²) in [5.41, 5.74) is 0.321. The summed E-state index contributed by atoms with van der Waals surface area (Å²) in [7, 11) is 0. The molecule has 0 aliphatic carbocycles. The van der Waals surface area contributed by atoms with Gasteiger partial charge in [-0.1, -0.05) is 35.7 Å². The Morgan fingerprint density at radius 2 is 2.08 bits per heavy atom. The molecule has 1 aromatic carbocycles. The molecule has 0 spiro atoms. The zero-order valence-electron chi connectivity index (χ0n) is 15.0. The molecule has 1 aromatic rings. The van der Waals surface area contributed by atoms with Gasteiger partial charge in [0, 0.05) is 29.2 Å². The second-order valence-corrected chi connectivity index (χ2v) is 7.79. The number of ether oxygens (including phenoxy) is 1. The Kier molecular flexibility index (Phi) is 8.56. The zero-order chi connectivity index (χ0) is 18.2.